The van der Waals surface area contributed by atoms with Gasteiger partial charge in [0, 0.05) is 20.3 Å². The molecule has 1 aliphatic carbocycles. The standard InChI is InChI=1S/C12H21N5O2/c1-19-9-5-8-13-11(18)12(6-3-2-4-7-12)17-10-14-15-16-17/h10H,2-9H2,1H3,(H,13,18). The number of amides is 1. The van der Waals surface area contributed by atoms with Crippen LogP contribution in [-0.2, 0) is 15.1 Å². The number of carbonyl (C=O) groups is 1. The second-order valence-corrected chi connectivity index (χ2v) is 4.95. The molecule has 7 heteroatoms. The maximum absolute atomic E-state index is 12.5. The van der Waals surface area contributed by atoms with Crippen molar-refractivity contribution in [2.45, 2.75) is 44.1 Å². The first-order valence-corrected chi connectivity index (χ1v) is 6.80. The van der Waals surface area contributed by atoms with E-state index in [0.29, 0.717) is 13.2 Å². The van der Waals surface area contributed by atoms with Crippen molar-refractivity contribution >= 4 is 5.91 Å². The molecule has 0 atom stereocenters. The first kappa shape index (κ1) is 13.9. The molecular formula is C12H21N5O2. The summed E-state index contributed by atoms with van der Waals surface area (Å²) in [5, 5.41) is 14.3. The minimum Gasteiger partial charge on any atom is -0.385 e. The van der Waals surface area contributed by atoms with Gasteiger partial charge in [0.15, 0.2) is 0 Å². The zero-order chi connectivity index (χ0) is 13.6. The van der Waals surface area contributed by atoms with Crippen LogP contribution >= 0.6 is 0 Å². The zero-order valence-electron chi connectivity index (χ0n) is 11.3. The first-order valence-electron chi connectivity index (χ1n) is 6.80. The highest BCUT2D eigenvalue weighted by molar-refractivity contribution is 5.84. The summed E-state index contributed by atoms with van der Waals surface area (Å²) >= 11 is 0. The van der Waals surface area contributed by atoms with Crippen molar-refractivity contribution < 1.29 is 9.53 Å². The average molecular weight is 267 g/mol. The molecule has 0 unspecified atom stereocenters. The fourth-order valence-electron chi connectivity index (χ4n) is 2.64. The number of rotatable bonds is 6. The highest BCUT2D eigenvalue weighted by Gasteiger charge is 2.42. The van der Waals surface area contributed by atoms with Crippen LogP contribution in [0.25, 0.3) is 0 Å². The van der Waals surface area contributed by atoms with Gasteiger partial charge in [-0.15, -0.1) is 5.10 Å². The number of hydrogen-bond donors (Lipinski definition) is 1. The van der Waals surface area contributed by atoms with Gasteiger partial charge in [-0.25, -0.2) is 4.68 Å². The van der Waals surface area contributed by atoms with Crippen LogP contribution in [0.4, 0.5) is 0 Å². The molecule has 0 spiro atoms. The number of aromatic nitrogens is 4. The van der Waals surface area contributed by atoms with Gasteiger partial charge in [-0.1, -0.05) is 19.3 Å². The van der Waals surface area contributed by atoms with Crippen LogP contribution in [-0.4, -0.2) is 46.4 Å². The van der Waals surface area contributed by atoms with Crippen LogP contribution in [0.1, 0.15) is 38.5 Å². The Morgan fingerprint density at radius 1 is 1.42 bits per heavy atom. The van der Waals surface area contributed by atoms with Crippen molar-refractivity contribution in [3.8, 4) is 0 Å². The molecule has 106 valence electrons. The second kappa shape index (κ2) is 6.60. The van der Waals surface area contributed by atoms with Gasteiger partial charge >= 0.3 is 0 Å². The summed E-state index contributed by atoms with van der Waals surface area (Å²) in [7, 11) is 1.66. The summed E-state index contributed by atoms with van der Waals surface area (Å²) < 4.78 is 6.60. The second-order valence-electron chi connectivity index (χ2n) is 4.95. The Bertz CT molecular complexity index is 387. The summed E-state index contributed by atoms with van der Waals surface area (Å²) in [4.78, 5) is 12.5. The number of tetrazole rings is 1. The fourth-order valence-corrected chi connectivity index (χ4v) is 2.64. The summed E-state index contributed by atoms with van der Waals surface area (Å²) in [5.41, 5.74) is -0.602. The van der Waals surface area contributed by atoms with Crippen LogP contribution in [0.2, 0.25) is 0 Å². The Labute approximate surface area is 112 Å². The van der Waals surface area contributed by atoms with Gasteiger partial charge < -0.3 is 10.1 Å². The van der Waals surface area contributed by atoms with Gasteiger partial charge in [0.05, 0.1) is 0 Å². The maximum atomic E-state index is 12.5. The van der Waals surface area contributed by atoms with E-state index in [2.05, 4.69) is 20.8 Å². The predicted molar refractivity (Wildman–Crippen MR) is 68.4 cm³/mol. The fraction of sp³-hybridized carbons (Fsp3) is 0.833. The number of methoxy groups -OCH3 is 1. The molecule has 1 aromatic heterocycles. The number of hydrogen-bond acceptors (Lipinski definition) is 5. The van der Waals surface area contributed by atoms with Gasteiger partial charge in [0.25, 0.3) is 0 Å². The van der Waals surface area contributed by atoms with E-state index in [-0.39, 0.29) is 5.91 Å². The Kier molecular flexibility index (Phi) is 4.84. The molecule has 2 rings (SSSR count). The Morgan fingerprint density at radius 2 is 2.21 bits per heavy atom. The Morgan fingerprint density at radius 3 is 2.84 bits per heavy atom. The lowest BCUT2D eigenvalue weighted by molar-refractivity contribution is -0.132. The minimum atomic E-state index is -0.602. The van der Waals surface area contributed by atoms with E-state index < -0.39 is 5.54 Å². The number of ether oxygens (including phenoxy) is 1. The van der Waals surface area contributed by atoms with E-state index in [1.54, 1.807) is 18.1 Å². The van der Waals surface area contributed by atoms with Crippen molar-refractivity contribution in [1.82, 2.24) is 25.5 Å². The summed E-state index contributed by atoms with van der Waals surface area (Å²) in [5.74, 6) is 0.0237. The van der Waals surface area contributed by atoms with E-state index in [0.717, 1.165) is 32.1 Å². The average Bonchev–Trinajstić information content (AvgIpc) is 2.99. The SMILES string of the molecule is COCCCNC(=O)C1(n2cnnn2)CCCCC1. The molecule has 0 aromatic carbocycles. The number of nitrogens with zero attached hydrogens (tertiary/aromatic N) is 4. The maximum Gasteiger partial charge on any atom is 0.248 e. The van der Waals surface area contributed by atoms with Crippen molar-refractivity contribution in [1.29, 1.82) is 0 Å². The van der Waals surface area contributed by atoms with E-state index in [1.807, 2.05) is 0 Å². The van der Waals surface area contributed by atoms with Crippen molar-refractivity contribution in [2.75, 3.05) is 20.3 Å². The Balaban J connectivity index is 2.03. The normalized spacial score (nSPS) is 18.2. The van der Waals surface area contributed by atoms with E-state index in [9.17, 15) is 4.79 Å². The van der Waals surface area contributed by atoms with Gasteiger partial charge in [-0.05, 0) is 29.7 Å². The third-order valence-corrected chi connectivity index (χ3v) is 3.70. The molecule has 0 radical (unpaired) electrons. The first-order chi connectivity index (χ1) is 9.29. The van der Waals surface area contributed by atoms with E-state index in [4.69, 9.17) is 4.74 Å². The molecule has 1 N–H and O–H groups in total. The molecule has 1 saturated carbocycles. The highest BCUT2D eigenvalue weighted by atomic mass is 16.5. The van der Waals surface area contributed by atoms with Crippen LogP contribution in [0.3, 0.4) is 0 Å². The van der Waals surface area contributed by atoms with Crippen LogP contribution in [0, 0.1) is 0 Å². The van der Waals surface area contributed by atoms with Crippen molar-refractivity contribution in [2.24, 2.45) is 0 Å². The lowest BCUT2D eigenvalue weighted by Crippen LogP contribution is -2.50. The molecule has 19 heavy (non-hydrogen) atoms. The number of nitrogens with one attached hydrogen (secondary N) is 1. The molecule has 1 aromatic rings. The molecule has 0 aliphatic heterocycles. The van der Waals surface area contributed by atoms with Crippen molar-refractivity contribution in [3.05, 3.63) is 6.33 Å². The van der Waals surface area contributed by atoms with Crippen molar-refractivity contribution in [3.63, 3.8) is 0 Å². The molecule has 1 amide bonds. The zero-order valence-corrected chi connectivity index (χ0v) is 11.3. The molecule has 1 fully saturated rings. The molecule has 7 nitrogen and oxygen atoms in total. The van der Waals surface area contributed by atoms with Crippen LogP contribution < -0.4 is 5.32 Å². The largest absolute Gasteiger partial charge is 0.385 e. The Hall–Kier alpha value is -1.50. The third-order valence-electron chi connectivity index (χ3n) is 3.70. The third kappa shape index (κ3) is 3.09. The smallest absolute Gasteiger partial charge is 0.248 e. The quantitative estimate of drug-likeness (QED) is 0.758. The topological polar surface area (TPSA) is 81.9 Å². The molecule has 1 heterocycles. The summed E-state index contributed by atoms with van der Waals surface area (Å²) in [6.45, 7) is 1.27. The van der Waals surface area contributed by atoms with Gasteiger partial charge in [0.1, 0.15) is 11.9 Å². The number of carbonyl (C=O) groups excluding carboxylic acids is 1. The molecule has 0 bridgehead atoms. The monoisotopic (exact) mass is 267 g/mol. The lowest BCUT2D eigenvalue weighted by Gasteiger charge is -2.35. The van der Waals surface area contributed by atoms with Gasteiger partial charge in [0.2, 0.25) is 5.91 Å². The van der Waals surface area contributed by atoms with Crippen LogP contribution in [0.5, 0.6) is 0 Å². The highest BCUT2D eigenvalue weighted by Crippen LogP contribution is 2.34. The van der Waals surface area contributed by atoms with Gasteiger partial charge in [-0.2, -0.15) is 0 Å². The predicted octanol–water partition coefficient (Wildman–Crippen LogP) is 0.485. The van der Waals surface area contributed by atoms with E-state index in [1.165, 1.54) is 6.42 Å². The molecule has 0 saturated heterocycles. The minimum absolute atomic E-state index is 0.0237. The van der Waals surface area contributed by atoms with Gasteiger partial charge in [-0.3, -0.25) is 4.79 Å². The molecular weight excluding hydrogens is 246 g/mol. The summed E-state index contributed by atoms with van der Waals surface area (Å²) in [6, 6.07) is 0. The summed E-state index contributed by atoms with van der Waals surface area (Å²) in [6.07, 6.45) is 7.19. The van der Waals surface area contributed by atoms with Crippen LogP contribution in [0.15, 0.2) is 6.33 Å². The van der Waals surface area contributed by atoms with E-state index >= 15 is 0 Å². The molecule has 1 aliphatic rings. The lowest BCUT2D eigenvalue weighted by atomic mass is 9.81.